The number of aromatic nitrogens is 3. The molecule has 0 spiro atoms. The van der Waals surface area contributed by atoms with Crippen molar-refractivity contribution >= 4 is 38.8 Å². The van der Waals surface area contributed by atoms with Crippen LogP contribution in [-0.4, -0.2) is 21.1 Å². The molecule has 1 aromatic carbocycles. The van der Waals surface area contributed by atoms with Gasteiger partial charge in [-0.2, -0.15) is 0 Å². The SMILES string of the molecule is Cc1nnc(NC(=O)c2nccc3c(N)cccc23)s1. The molecule has 3 aromatic rings. The van der Waals surface area contributed by atoms with Gasteiger partial charge in [0, 0.05) is 22.7 Å². The van der Waals surface area contributed by atoms with E-state index >= 15 is 0 Å². The Labute approximate surface area is 118 Å². The number of nitrogens with zero attached hydrogens (tertiary/aromatic N) is 3. The number of nitrogens with two attached hydrogens (primary N) is 1. The summed E-state index contributed by atoms with van der Waals surface area (Å²) in [4.78, 5) is 16.4. The van der Waals surface area contributed by atoms with E-state index in [1.165, 1.54) is 11.3 Å². The van der Waals surface area contributed by atoms with Crippen molar-refractivity contribution in [2.24, 2.45) is 0 Å². The summed E-state index contributed by atoms with van der Waals surface area (Å²) < 4.78 is 0. The van der Waals surface area contributed by atoms with E-state index in [9.17, 15) is 4.79 Å². The molecule has 3 rings (SSSR count). The zero-order valence-corrected chi connectivity index (χ0v) is 11.4. The maximum Gasteiger partial charge on any atom is 0.276 e. The molecular formula is C13H11N5OS. The zero-order valence-electron chi connectivity index (χ0n) is 10.6. The van der Waals surface area contributed by atoms with Crippen molar-refractivity contribution in [3.63, 3.8) is 0 Å². The monoisotopic (exact) mass is 285 g/mol. The molecule has 0 aliphatic heterocycles. The third-order valence-electron chi connectivity index (χ3n) is 2.80. The zero-order chi connectivity index (χ0) is 14.1. The molecule has 0 saturated heterocycles. The van der Waals surface area contributed by atoms with Crippen LogP contribution in [0.5, 0.6) is 0 Å². The number of carbonyl (C=O) groups excluding carboxylic acids is 1. The summed E-state index contributed by atoms with van der Waals surface area (Å²) in [6.07, 6.45) is 1.57. The van der Waals surface area contributed by atoms with Gasteiger partial charge in [0.25, 0.3) is 5.91 Å². The van der Waals surface area contributed by atoms with Gasteiger partial charge >= 0.3 is 0 Å². The van der Waals surface area contributed by atoms with Crippen molar-refractivity contribution in [3.05, 3.63) is 41.2 Å². The van der Waals surface area contributed by atoms with Gasteiger partial charge in [0.05, 0.1) is 0 Å². The number of carbonyl (C=O) groups is 1. The second-order valence-electron chi connectivity index (χ2n) is 4.18. The molecule has 0 atom stereocenters. The fourth-order valence-corrected chi connectivity index (χ4v) is 2.50. The van der Waals surface area contributed by atoms with E-state index in [1.54, 1.807) is 24.4 Å². The molecular weight excluding hydrogens is 274 g/mol. The van der Waals surface area contributed by atoms with E-state index < -0.39 is 0 Å². The number of nitrogens with one attached hydrogen (secondary N) is 1. The predicted octanol–water partition coefficient (Wildman–Crippen LogP) is 2.23. The average Bonchev–Trinajstić information content (AvgIpc) is 2.84. The first-order valence-corrected chi connectivity index (χ1v) is 6.71. The third kappa shape index (κ3) is 2.19. The minimum absolute atomic E-state index is 0.322. The molecule has 100 valence electrons. The number of fused-ring (bicyclic) bond motifs is 1. The van der Waals surface area contributed by atoms with Gasteiger partial charge in [-0.25, -0.2) is 0 Å². The molecule has 1 amide bonds. The van der Waals surface area contributed by atoms with Crippen LogP contribution in [0.25, 0.3) is 10.8 Å². The first-order valence-electron chi connectivity index (χ1n) is 5.90. The fourth-order valence-electron chi connectivity index (χ4n) is 1.92. The van der Waals surface area contributed by atoms with Crippen molar-refractivity contribution in [1.82, 2.24) is 15.2 Å². The van der Waals surface area contributed by atoms with Gasteiger partial charge in [-0.05, 0) is 19.1 Å². The molecule has 6 nitrogen and oxygen atoms in total. The fraction of sp³-hybridized carbons (Fsp3) is 0.0769. The number of hydrogen-bond donors (Lipinski definition) is 2. The van der Waals surface area contributed by atoms with Crippen molar-refractivity contribution in [2.75, 3.05) is 11.1 Å². The van der Waals surface area contributed by atoms with Crippen LogP contribution in [0.2, 0.25) is 0 Å². The number of anilines is 2. The Morgan fingerprint density at radius 2 is 2.10 bits per heavy atom. The molecule has 7 heteroatoms. The summed E-state index contributed by atoms with van der Waals surface area (Å²) in [6, 6.07) is 7.19. The lowest BCUT2D eigenvalue weighted by Gasteiger charge is -2.06. The molecule has 0 aliphatic rings. The van der Waals surface area contributed by atoms with Crippen LogP contribution < -0.4 is 11.1 Å². The minimum atomic E-state index is -0.322. The lowest BCUT2D eigenvalue weighted by atomic mass is 10.1. The number of rotatable bonds is 2. The van der Waals surface area contributed by atoms with E-state index in [4.69, 9.17) is 5.73 Å². The number of aryl methyl sites for hydroxylation is 1. The molecule has 0 fully saturated rings. The first kappa shape index (κ1) is 12.5. The smallest absolute Gasteiger partial charge is 0.276 e. The van der Waals surface area contributed by atoms with Crippen molar-refractivity contribution in [2.45, 2.75) is 6.92 Å². The van der Waals surface area contributed by atoms with Gasteiger partial charge < -0.3 is 5.73 Å². The van der Waals surface area contributed by atoms with Gasteiger partial charge in [0.2, 0.25) is 5.13 Å². The largest absolute Gasteiger partial charge is 0.398 e. The van der Waals surface area contributed by atoms with Crippen LogP contribution in [0, 0.1) is 6.92 Å². The average molecular weight is 285 g/mol. The topological polar surface area (TPSA) is 93.8 Å². The molecule has 0 unspecified atom stereocenters. The van der Waals surface area contributed by atoms with E-state index in [2.05, 4.69) is 20.5 Å². The second kappa shape index (κ2) is 4.86. The molecule has 0 radical (unpaired) electrons. The van der Waals surface area contributed by atoms with E-state index in [-0.39, 0.29) is 5.91 Å². The Morgan fingerprint density at radius 1 is 1.25 bits per heavy atom. The first-order chi connectivity index (χ1) is 9.65. The molecule has 3 N–H and O–H groups in total. The summed E-state index contributed by atoms with van der Waals surface area (Å²) in [5.74, 6) is -0.322. The number of nitrogen functional groups attached to an aromatic ring is 1. The predicted molar refractivity (Wildman–Crippen MR) is 78.8 cm³/mol. The van der Waals surface area contributed by atoms with Crippen molar-refractivity contribution in [3.8, 4) is 0 Å². The number of amides is 1. The van der Waals surface area contributed by atoms with Crippen LogP contribution in [0.15, 0.2) is 30.5 Å². The van der Waals surface area contributed by atoms with E-state index in [0.29, 0.717) is 21.9 Å². The number of benzene rings is 1. The summed E-state index contributed by atoms with van der Waals surface area (Å²) in [5.41, 5.74) is 6.84. The van der Waals surface area contributed by atoms with Crippen LogP contribution in [0.4, 0.5) is 10.8 Å². The Hall–Kier alpha value is -2.54. The van der Waals surface area contributed by atoms with Gasteiger partial charge in [-0.15, -0.1) is 10.2 Å². The van der Waals surface area contributed by atoms with Crippen LogP contribution in [0.1, 0.15) is 15.5 Å². The molecule has 0 bridgehead atoms. The van der Waals surface area contributed by atoms with Gasteiger partial charge in [-0.3, -0.25) is 15.1 Å². The highest BCUT2D eigenvalue weighted by molar-refractivity contribution is 7.15. The minimum Gasteiger partial charge on any atom is -0.398 e. The third-order valence-corrected chi connectivity index (χ3v) is 3.56. The number of hydrogen-bond acceptors (Lipinski definition) is 6. The summed E-state index contributed by atoms with van der Waals surface area (Å²) in [6.45, 7) is 1.82. The van der Waals surface area contributed by atoms with Crippen LogP contribution in [-0.2, 0) is 0 Å². The van der Waals surface area contributed by atoms with Crippen LogP contribution in [0.3, 0.4) is 0 Å². The molecule has 20 heavy (non-hydrogen) atoms. The second-order valence-corrected chi connectivity index (χ2v) is 5.36. The molecule has 0 aliphatic carbocycles. The van der Waals surface area contributed by atoms with Crippen molar-refractivity contribution in [1.29, 1.82) is 0 Å². The Morgan fingerprint density at radius 3 is 2.85 bits per heavy atom. The maximum atomic E-state index is 12.3. The summed E-state index contributed by atoms with van der Waals surface area (Å²) >= 11 is 1.31. The molecule has 2 aromatic heterocycles. The van der Waals surface area contributed by atoms with Gasteiger partial charge in [0.1, 0.15) is 10.7 Å². The van der Waals surface area contributed by atoms with Crippen LogP contribution >= 0.6 is 11.3 Å². The highest BCUT2D eigenvalue weighted by Gasteiger charge is 2.14. The Kier molecular flexibility index (Phi) is 3.03. The van der Waals surface area contributed by atoms with E-state index in [1.807, 2.05) is 13.0 Å². The lowest BCUT2D eigenvalue weighted by Crippen LogP contribution is -2.14. The Balaban J connectivity index is 2.01. The lowest BCUT2D eigenvalue weighted by molar-refractivity contribution is 0.102. The summed E-state index contributed by atoms with van der Waals surface area (Å²) in [7, 11) is 0. The highest BCUT2D eigenvalue weighted by atomic mass is 32.1. The van der Waals surface area contributed by atoms with Crippen molar-refractivity contribution < 1.29 is 4.79 Å². The molecule has 0 saturated carbocycles. The quantitative estimate of drug-likeness (QED) is 0.704. The van der Waals surface area contributed by atoms with E-state index in [0.717, 1.165) is 10.4 Å². The highest BCUT2D eigenvalue weighted by Crippen LogP contribution is 2.23. The summed E-state index contributed by atoms with van der Waals surface area (Å²) in [5, 5.41) is 13.2. The maximum absolute atomic E-state index is 12.3. The van der Waals surface area contributed by atoms with Gasteiger partial charge in [0.15, 0.2) is 0 Å². The number of pyridine rings is 1. The standard InChI is InChI=1S/C13H11N5OS/c1-7-17-18-13(20-7)16-12(19)11-9-3-2-4-10(14)8(9)5-6-15-11/h2-6H,14H2,1H3,(H,16,18,19). The normalized spacial score (nSPS) is 10.7. The van der Waals surface area contributed by atoms with Gasteiger partial charge in [-0.1, -0.05) is 23.5 Å². The Bertz CT molecular complexity index is 798. The molecule has 2 heterocycles.